The number of oxime groups is 1. The standard InChI is InChI=1S/C11H24N4O/c1-8(11(12)13-16)5-15-6-9(2)14(4)10(3)7-15/h8-10,16H,5-7H2,1-4H3,(H2,12,13). The van der Waals surface area contributed by atoms with Gasteiger partial charge in [0.05, 0.1) is 0 Å². The number of hydrogen-bond acceptors (Lipinski definition) is 4. The Morgan fingerprint density at radius 2 is 1.94 bits per heavy atom. The van der Waals surface area contributed by atoms with Gasteiger partial charge in [0.2, 0.25) is 0 Å². The fourth-order valence-electron chi connectivity index (χ4n) is 2.24. The van der Waals surface area contributed by atoms with Crippen LogP contribution in [-0.2, 0) is 0 Å². The quantitative estimate of drug-likeness (QED) is 0.317. The van der Waals surface area contributed by atoms with Crippen LogP contribution >= 0.6 is 0 Å². The summed E-state index contributed by atoms with van der Waals surface area (Å²) in [6, 6.07) is 1.12. The van der Waals surface area contributed by atoms with Gasteiger partial charge >= 0.3 is 0 Å². The first-order valence-electron chi connectivity index (χ1n) is 5.87. The Labute approximate surface area is 97.9 Å². The van der Waals surface area contributed by atoms with Crippen LogP contribution in [0.5, 0.6) is 0 Å². The van der Waals surface area contributed by atoms with Crippen LogP contribution in [0.25, 0.3) is 0 Å². The summed E-state index contributed by atoms with van der Waals surface area (Å²) in [6.45, 7) is 9.41. The Balaban J connectivity index is 2.50. The molecule has 0 spiro atoms. The van der Waals surface area contributed by atoms with E-state index in [1.807, 2.05) is 6.92 Å². The predicted octanol–water partition coefficient (Wildman–Crippen LogP) is 0.393. The van der Waals surface area contributed by atoms with E-state index in [9.17, 15) is 0 Å². The van der Waals surface area contributed by atoms with Gasteiger partial charge in [0.1, 0.15) is 5.84 Å². The maximum absolute atomic E-state index is 8.62. The second-order valence-electron chi connectivity index (χ2n) is 5.01. The Kier molecular flexibility index (Phi) is 4.56. The van der Waals surface area contributed by atoms with Crippen molar-refractivity contribution in [3.05, 3.63) is 0 Å². The van der Waals surface area contributed by atoms with E-state index in [2.05, 4.69) is 35.9 Å². The van der Waals surface area contributed by atoms with Crippen molar-refractivity contribution in [1.29, 1.82) is 0 Å². The number of nitrogens with zero attached hydrogens (tertiary/aromatic N) is 3. The highest BCUT2D eigenvalue weighted by Crippen LogP contribution is 2.14. The molecule has 1 rings (SSSR count). The molecule has 5 heteroatoms. The molecule has 0 aromatic heterocycles. The van der Waals surface area contributed by atoms with E-state index in [0.717, 1.165) is 19.6 Å². The van der Waals surface area contributed by atoms with Crippen LogP contribution in [0, 0.1) is 5.92 Å². The number of rotatable bonds is 3. The minimum Gasteiger partial charge on any atom is -0.409 e. The average Bonchev–Trinajstić information content (AvgIpc) is 2.24. The third-order valence-corrected chi connectivity index (χ3v) is 3.59. The van der Waals surface area contributed by atoms with Crippen molar-refractivity contribution in [1.82, 2.24) is 9.80 Å². The summed E-state index contributed by atoms with van der Waals surface area (Å²) in [4.78, 5) is 4.78. The molecule has 5 nitrogen and oxygen atoms in total. The molecule has 0 saturated carbocycles. The molecule has 0 aromatic rings. The average molecular weight is 228 g/mol. The third kappa shape index (κ3) is 3.09. The summed E-state index contributed by atoms with van der Waals surface area (Å²) in [7, 11) is 2.17. The summed E-state index contributed by atoms with van der Waals surface area (Å²) in [5.41, 5.74) is 5.59. The maximum atomic E-state index is 8.62. The topological polar surface area (TPSA) is 65.1 Å². The second kappa shape index (κ2) is 5.50. The van der Waals surface area contributed by atoms with Gasteiger partial charge in [-0.05, 0) is 20.9 Å². The zero-order valence-corrected chi connectivity index (χ0v) is 10.7. The molecule has 16 heavy (non-hydrogen) atoms. The highest BCUT2D eigenvalue weighted by molar-refractivity contribution is 5.82. The van der Waals surface area contributed by atoms with Crippen molar-refractivity contribution in [2.75, 3.05) is 26.7 Å². The summed E-state index contributed by atoms with van der Waals surface area (Å²) >= 11 is 0. The maximum Gasteiger partial charge on any atom is 0.143 e. The zero-order chi connectivity index (χ0) is 12.3. The highest BCUT2D eigenvalue weighted by Gasteiger charge is 2.27. The van der Waals surface area contributed by atoms with Crippen LogP contribution in [0.15, 0.2) is 5.16 Å². The van der Waals surface area contributed by atoms with Gasteiger partial charge < -0.3 is 10.9 Å². The number of amidine groups is 1. The molecule has 1 heterocycles. The van der Waals surface area contributed by atoms with Crippen LogP contribution in [0.2, 0.25) is 0 Å². The molecule has 1 aliphatic rings. The largest absolute Gasteiger partial charge is 0.409 e. The van der Waals surface area contributed by atoms with Crippen molar-refractivity contribution in [3.8, 4) is 0 Å². The van der Waals surface area contributed by atoms with Crippen LogP contribution < -0.4 is 5.73 Å². The summed E-state index contributed by atoms with van der Waals surface area (Å²) in [5, 5.41) is 11.7. The summed E-state index contributed by atoms with van der Waals surface area (Å²) in [6.07, 6.45) is 0. The fourth-order valence-corrected chi connectivity index (χ4v) is 2.24. The van der Waals surface area contributed by atoms with E-state index < -0.39 is 0 Å². The van der Waals surface area contributed by atoms with E-state index in [4.69, 9.17) is 10.9 Å². The molecule has 1 saturated heterocycles. The minimum atomic E-state index is 0.104. The second-order valence-corrected chi connectivity index (χ2v) is 5.01. The molecule has 0 aromatic carbocycles. The number of piperazine rings is 1. The Hall–Kier alpha value is -0.810. The van der Waals surface area contributed by atoms with Gasteiger partial charge in [0, 0.05) is 37.6 Å². The highest BCUT2D eigenvalue weighted by atomic mass is 16.4. The molecular formula is C11H24N4O. The number of hydrogen-bond donors (Lipinski definition) is 2. The van der Waals surface area contributed by atoms with Gasteiger partial charge in [0.15, 0.2) is 0 Å². The van der Waals surface area contributed by atoms with Gasteiger partial charge in [0.25, 0.3) is 0 Å². The lowest BCUT2D eigenvalue weighted by atomic mass is 10.1. The molecule has 3 N–H and O–H groups in total. The van der Waals surface area contributed by atoms with Crippen molar-refractivity contribution >= 4 is 5.84 Å². The Morgan fingerprint density at radius 3 is 2.38 bits per heavy atom. The Bertz CT molecular complexity index is 244. The molecule has 3 unspecified atom stereocenters. The molecular weight excluding hydrogens is 204 g/mol. The molecule has 1 fully saturated rings. The lowest BCUT2D eigenvalue weighted by molar-refractivity contribution is 0.0563. The van der Waals surface area contributed by atoms with Crippen LogP contribution in [-0.4, -0.2) is 59.6 Å². The molecule has 0 radical (unpaired) electrons. The van der Waals surface area contributed by atoms with Crippen molar-refractivity contribution < 1.29 is 5.21 Å². The summed E-state index contributed by atoms with van der Waals surface area (Å²) < 4.78 is 0. The molecule has 3 atom stereocenters. The zero-order valence-electron chi connectivity index (χ0n) is 10.7. The van der Waals surface area contributed by atoms with Gasteiger partial charge in [-0.2, -0.15) is 0 Å². The van der Waals surface area contributed by atoms with Crippen molar-refractivity contribution in [2.24, 2.45) is 16.8 Å². The molecule has 94 valence electrons. The van der Waals surface area contributed by atoms with E-state index in [-0.39, 0.29) is 5.92 Å². The van der Waals surface area contributed by atoms with Crippen LogP contribution in [0.4, 0.5) is 0 Å². The van der Waals surface area contributed by atoms with E-state index in [1.54, 1.807) is 0 Å². The summed E-state index contributed by atoms with van der Waals surface area (Å²) in [5.74, 6) is 0.423. The van der Waals surface area contributed by atoms with Gasteiger partial charge in [-0.25, -0.2) is 0 Å². The minimum absolute atomic E-state index is 0.104. The van der Waals surface area contributed by atoms with Crippen molar-refractivity contribution in [3.63, 3.8) is 0 Å². The molecule has 0 aliphatic carbocycles. The predicted molar refractivity (Wildman–Crippen MR) is 65.7 cm³/mol. The van der Waals surface area contributed by atoms with Crippen LogP contribution in [0.3, 0.4) is 0 Å². The number of nitrogens with two attached hydrogens (primary N) is 1. The normalized spacial score (nSPS) is 31.6. The van der Waals surface area contributed by atoms with E-state index >= 15 is 0 Å². The fraction of sp³-hybridized carbons (Fsp3) is 0.909. The molecule has 0 bridgehead atoms. The van der Waals surface area contributed by atoms with Gasteiger partial charge in [-0.3, -0.25) is 9.80 Å². The Morgan fingerprint density at radius 1 is 1.44 bits per heavy atom. The lowest BCUT2D eigenvalue weighted by Gasteiger charge is -2.43. The molecule has 1 aliphatic heterocycles. The number of likely N-dealkylation sites (N-methyl/N-ethyl adjacent to an activating group) is 1. The monoisotopic (exact) mass is 228 g/mol. The SMILES string of the molecule is CC(CN1CC(C)N(C)C(C)C1)C(N)=NO. The van der Waals surface area contributed by atoms with E-state index in [1.165, 1.54) is 0 Å². The molecule has 0 amide bonds. The lowest BCUT2D eigenvalue weighted by Crippen LogP contribution is -2.56. The first-order valence-corrected chi connectivity index (χ1v) is 5.87. The van der Waals surface area contributed by atoms with E-state index in [0.29, 0.717) is 17.9 Å². The van der Waals surface area contributed by atoms with Crippen LogP contribution in [0.1, 0.15) is 20.8 Å². The first-order chi connectivity index (χ1) is 7.45. The third-order valence-electron chi connectivity index (χ3n) is 3.59. The van der Waals surface area contributed by atoms with Crippen molar-refractivity contribution in [2.45, 2.75) is 32.9 Å². The smallest absolute Gasteiger partial charge is 0.143 e. The van der Waals surface area contributed by atoms with Gasteiger partial charge in [-0.1, -0.05) is 12.1 Å². The van der Waals surface area contributed by atoms with Gasteiger partial charge in [-0.15, -0.1) is 0 Å². The first kappa shape index (κ1) is 13.3.